The molecule has 0 aromatic heterocycles. The fraction of sp³-hybridized carbons (Fsp3) is 0.636. The van der Waals surface area contributed by atoms with Crippen molar-refractivity contribution in [3.05, 3.63) is 12.7 Å². The number of nitrogens with one attached hydrogen (secondary N) is 1. The zero-order valence-corrected chi connectivity index (χ0v) is 10.9. The highest BCUT2D eigenvalue weighted by Gasteiger charge is 2.65. The van der Waals surface area contributed by atoms with Gasteiger partial charge < -0.3 is 5.73 Å². The molecule has 0 aromatic rings. The molecular formula is C11H16N2O4S. The first kappa shape index (κ1) is 13.1. The summed E-state index contributed by atoms with van der Waals surface area (Å²) in [6.07, 6.45) is 2.72. The number of sulfonamides is 1. The van der Waals surface area contributed by atoms with E-state index in [0.29, 0.717) is 12.8 Å². The van der Waals surface area contributed by atoms with Gasteiger partial charge in [0.25, 0.3) is 0 Å². The van der Waals surface area contributed by atoms with E-state index in [4.69, 9.17) is 5.73 Å². The monoisotopic (exact) mass is 272 g/mol. The minimum Gasteiger partial charge on any atom is -0.369 e. The van der Waals surface area contributed by atoms with Crippen molar-refractivity contribution in [3.63, 3.8) is 0 Å². The Morgan fingerprint density at radius 1 is 1.44 bits per heavy atom. The van der Waals surface area contributed by atoms with Crippen molar-refractivity contribution in [3.8, 4) is 0 Å². The number of rotatable bonds is 5. The minimum absolute atomic E-state index is 0.226. The van der Waals surface area contributed by atoms with E-state index in [1.165, 1.54) is 6.08 Å². The van der Waals surface area contributed by atoms with Crippen molar-refractivity contribution < 1.29 is 18.0 Å². The lowest BCUT2D eigenvalue weighted by molar-refractivity contribution is -0.134. The van der Waals surface area contributed by atoms with E-state index in [-0.39, 0.29) is 12.3 Å². The number of primary amides is 1. The molecule has 0 saturated heterocycles. The second-order valence-corrected chi connectivity index (χ2v) is 7.46. The average molecular weight is 272 g/mol. The highest BCUT2D eigenvalue weighted by Crippen LogP contribution is 2.54. The van der Waals surface area contributed by atoms with Crippen molar-refractivity contribution in [2.75, 3.05) is 0 Å². The van der Waals surface area contributed by atoms with Gasteiger partial charge in [0.05, 0.1) is 4.75 Å². The van der Waals surface area contributed by atoms with Crippen LogP contribution in [0.5, 0.6) is 0 Å². The largest absolute Gasteiger partial charge is 0.369 e. The Balaban J connectivity index is 2.18. The molecule has 2 atom stereocenters. The van der Waals surface area contributed by atoms with Gasteiger partial charge in [-0.1, -0.05) is 6.08 Å². The first-order chi connectivity index (χ1) is 8.19. The Kier molecular flexibility index (Phi) is 2.59. The maximum absolute atomic E-state index is 12.0. The van der Waals surface area contributed by atoms with Crippen molar-refractivity contribution in [2.24, 2.45) is 17.1 Å². The molecule has 0 aliphatic heterocycles. The average Bonchev–Trinajstić information content (AvgIpc) is 3.11. The number of hydrogen-bond donors (Lipinski definition) is 2. The fourth-order valence-corrected chi connectivity index (χ4v) is 3.32. The molecule has 18 heavy (non-hydrogen) atoms. The second kappa shape index (κ2) is 3.57. The number of nitrogens with two attached hydrogens (primary N) is 1. The molecule has 0 bridgehead atoms. The van der Waals surface area contributed by atoms with Gasteiger partial charge in [-0.05, 0) is 26.2 Å². The molecule has 2 saturated carbocycles. The number of hydrogen-bond acceptors (Lipinski definition) is 4. The smallest absolute Gasteiger partial charge is 0.249 e. The molecule has 2 fully saturated rings. The molecule has 0 radical (unpaired) electrons. The highest BCUT2D eigenvalue weighted by molar-refractivity contribution is 7.91. The van der Waals surface area contributed by atoms with Crippen LogP contribution in [0.2, 0.25) is 0 Å². The van der Waals surface area contributed by atoms with E-state index in [9.17, 15) is 18.0 Å². The lowest BCUT2D eigenvalue weighted by Gasteiger charge is -2.16. The van der Waals surface area contributed by atoms with Crippen LogP contribution in [0, 0.1) is 11.3 Å². The van der Waals surface area contributed by atoms with E-state index >= 15 is 0 Å². The number of carbonyl (C=O) groups is 2. The van der Waals surface area contributed by atoms with Crippen LogP contribution in [0.15, 0.2) is 12.7 Å². The summed E-state index contributed by atoms with van der Waals surface area (Å²) in [5, 5.41) is 0. The molecule has 100 valence electrons. The van der Waals surface area contributed by atoms with Gasteiger partial charge in [0.15, 0.2) is 0 Å². The molecule has 7 heteroatoms. The molecule has 2 amide bonds. The Hall–Kier alpha value is -1.37. The van der Waals surface area contributed by atoms with Crippen LogP contribution in [0.1, 0.15) is 26.2 Å². The summed E-state index contributed by atoms with van der Waals surface area (Å²) in [6.45, 7) is 5.07. The quantitative estimate of drug-likeness (QED) is 0.527. The van der Waals surface area contributed by atoms with Crippen molar-refractivity contribution in [1.29, 1.82) is 0 Å². The van der Waals surface area contributed by atoms with Crippen LogP contribution < -0.4 is 10.5 Å². The van der Waals surface area contributed by atoms with E-state index < -0.39 is 32.0 Å². The number of amides is 2. The first-order valence-corrected chi connectivity index (χ1v) is 7.17. The van der Waals surface area contributed by atoms with Gasteiger partial charge in [0, 0.05) is 5.92 Å². The van der Waals surface area contributed by atoms with E-state index in [1.807, 2.05) is 4.72 Å². The molecule has 0 heterocycles. The molecule has 2 aliphatic rings. The molecule has 0 aromatic carbocycles. The van der Waals surface area contributed by atoms with Crippen molar-refractivity contribution in [2.45, 2.75) is 30.9 Å². The summed E-state index contributed by atoms with van der Waals surface area (Å²) in [6, 6.07) is 0. The van der Waals surface area contributed by atoms with E-state index in [2.05, 4.69) is 6.58 Å². The summed E-state index contributed by atoms with van der Waals surface area (Å²) < 4.78 is 24.9. The normalized spacial score (nSPS) is 32.4. The third-order valence-corrected chi connectivity index (χ3v) is 6.13. The van der Waals surface area contributed by atoms with Crippen LogP contribution in [0.25, 0.3) is 0 Å². The number of allylic oxidation sites excluding steroid dienone is 1. The topological polar surface area (TPSA) is 106 Å². The summed E-state index contributed by atoms with van der Waals surface area (Å²) >= 11 is 0. The first-order valence-electron chi connectivity index (χ1n) is 5.69. The number of carbonyl (C=O) groups excluding carboxylic acids is 2. The Labute approximate surface area is 106 Å². The maximum atomic E-state index is 12.0. The van der Waals surface area contributed by atoms with Crippen LogP contribution >= 0.6 is 0 Å². The summed E-state index contributed by atoms with van der Waals surface area (Å²) in [7, 11) is -3.74. The third-order valence-electron chi connectivity index (χ3n) is 3.97. The van der Waals surface area contributed by atoms with Gasteiger partial charge in [-0.2, -0.15) is 0 Å². The summed E-state index contributed by atoms with van der Waals surface area (Å²) in [4.78, 5) is 23.4. The molecule has 2 unspecified atom stereocenters. The van der Waals surface area contributed by atoms with Crippen molar-refractivity contribution >= 4 is 21.8 Å². The van der Waals surface area contributed by atoms with Crippen LogP contribution in [-0.4, -0.2) is 25.0 Å². The standard InChI is InChI=1S/C11H16N2O4S/c1-3-7-6-11(7,8(12)14)9(15)13-18(16,17)10(2)4-5-10/h3,7H,1,4-6H2,2H3,(H2,12,14)(H,13,15). The highest BCUT2D eigenvalue weighted by atomic mass is 32.2. The Bertz CT molecular complexity index is 535. The lowest BCUT2D eigenvalue weighted by Crippen LogP contribution is -2.47. The minimum atomic E-state index is -3.74. The molecule has 3 N–H and O–H groups in total. The lowest BCUT2D eigenvalue weighted by atomic mass is 10.0. The zero-order valence-electron chi connectivity index (χ0n) is 10.1. The van der Waals surface area contributed by atoms with E-state index in [0.717, 1.165) is 0 Å². The predicted octanol–water partition coefficient (Wildman–Crippen LogP) is -0.337. The van der Waals surface area contributed by atoms with Gasteiger partial charge in [0.2, 0.25) is 21.8 Å². The van der Waals surface area contributed by atoms with E-state index in [1.54, 1.807) is 6.92 Å². The summed E-state index contributed by atoms with van der Waals surface area (Å²) in [5.74, 6) is -2.01. The van der Waals surface area contributed by atoms with Gasteiger partial charge in [-0.25, -0.2) is 8.42 Å². The molecule has 0 spiro atoms. The SMILES string of the molecule is C=CC1CC1(C(N)=O)C(=O)NS(=O)(=O)C1(C)CC1. The van der Waals surface area contributed by atoms with Gasteiger partial charge in [-0.3, -0.25) is 14.3 Å². The third kappa shape index (κ3) is 1.65. The van der Waals surface area contributed by atoms with Gasteiger partial charge in [0.1, 0.15) is 5.41 Å². The van der Waals surface area contributed by atoms with Gasteiger partial charge >= 0.3 is 0 Å². The summed E-state index contributed by atoms with van der Waals surface area (Å²) in [5.41, 5.74) is 3.77. The molecule has 6 nitrogen and oxygen atoms in total. The van der Waals surface area contributed by atoms with Crippen LogP contribution in [0.3, 0.4) is 0 Å². The maximum Gasteiger partial charge on any atom is 0.249 e. The molecular weight excluding hydrogens is 256 g/mol. The Morgan fingerprint density at radius 3 is 2.33 bits per heavy atom. The van der Waals surface area contributed by atoms with Crippen LogP contribution in [0.4, 0.5) is 0 Å². The second-order valence-electron chi connectivity index (χ2n) is 5.27. The zero-order chi connectivity index (χ0) is 13.8. The Morgan fingerprint density at radius 2 is 2.00 bits per heavy atom. The van der Waals surface area contributed by atoms with Crippen molar-refractivity contribution in [1.82, 2.24) is 4.72 Å². The molecule has 2 rings (SSSR count). The van der Waals surface area contributed by atoms with Crippen LogP contribution in [-0.2, 0) is 19.6 Å². The predicted molar refractivity (Wildman–Crippen MR) is 64.6 cm³/mol. The molecule has 2 aliphatic carbocycles. The fourth-order valence-electron chi connectivity index (χ4n) is 2.01. The van der Waals surface area contributed by atoms with Gasteiger partial charge in [-0.15, -0.1) is 6.58 Å².